The molecule has 20 heavy (non-hydrogen) atoms. The van der Waals surface area contributed by atoms with Crippen LogP contribution in [0.15, 0.2) is 28.8 Å². The second kappa shape index (κ2) is 6.49. The van der Waals surface area contributed by atoms with E-state index in [4.69, 9.17) is 15.4 Å². The number of carboxylic acid groups (broad SMARTS) is 1. The molecule has 2 rings (SSSR count). The third-order valence-electron chi connectivity index (χ3n) is 2.41. The molecular weight excluding hydrogens is 285 g/mol. The van der Waals surface area contributed by atoms with Crippen molar-refractivity contribution in [3.05, 3.63) is 36.0 Å². The number of carboxylic acids is 1. The van der Waals surface area contributed by atoms with Gasteiger partial charge in [-0.25, -0.2) is 4.39 Å². The smallest absolute Gasteiger partial charge is 0.321 e. The maximum Gasteiger partial charge on any atom is 0.321 e. The van der Waals surface area contributed by atoms with Crippen LogP contribution in [0.4, 0.5) is 4.39 Å². The number of benzene rings is 1. The van der Waals surface area contributed by atoms with Crippen LogP contribution in [-0.2, 0) is 10.5 Å². The number of nitrogens with two attached hydrogens (primary N) is 1. The number of rotatable bonds is 6. The van der Waals surface area contributed by atoms with Gasteiger partial charge in [0.05, 0.1) is 5.75 Å². The summed E-state index contributed by atoms with van der Waals surface area (Å²) in [7, 11) is 0. The van der Waals surface area contributed by atoms with Crippen LogP contribution in [0.5, 0.6) is 0 Å². The normalized spacial score (nSPS) is 12.3. The molecule has 0 saturated heterocycles. The molecule has 1 aromatic heterocycles. The number of aliphatic carboxylic acids is 1. The molecule has 1 aromatic carbocycles. The van der Waals surface area contributed by atoms with Crippen LogP contribution >= 0.6 is 11.8 Å². The molecule has 0 aliphatic rings. The zero-order valence-electron chi connectivity index (χ0n) is 10.3. The van der Waals surface area contributed by atoms with Gasteiger partial charge in [-0.2, -0.15) is 4.98 Å². The van der Waals surface area contributed by atoms with Crippen molar-refractivity contribution >= 4 is 17.7 Å². The van der Waals surface area contributed by atoms with Crippen LogP contribution in [0.25, 0.3) is 11.4 Å². The number of thioether (sulfide) groups is 1. The van der Waals surface area contributed by atoms with Crippen molar-refractivity contribution in [2.24, 2.45) is 5.73 Å². The van der Waals surface area contributed by atoms with Gasteiger partial charge in [0, 0.05) is 11.3 Å². The first-order chi connectivity index (χ1) is 9.56. The number of hydrogen-bond acceptors (Lipinski definition) is 6. The molecule has 1 heterocycles. The second-order valence-corrected chi connectivity index (χ2v) is 5.01. The summed E-state index contributed by atoms with van der Waals surface area (Å²) >= 11 is 1.29. The number of halogens is 1. The Labute approximate surface area is 118 Å². The molecule has 3 N–H and O–H groups in total. The number of nitrogens with zero attached hydrogens (tertiary/aromatic N) is 2. The van der Waals surface area contributed by atoms with E-state index in [1.165, 1.54) is 23.9 Å². The summed E-state index contributed by atoms with van der Waals surface area (Å²) in [5.41, 5.74) is 6.02. The zero-order valence-corrected chi connectivity index (χ0v) is 11.1. The summed E-state index contributed by atoms with van der Waals surface area (Å²) in [6.07, 6.45) is 0. The van der Waals surface area contributed by atoms with Crippen molar-refractivity contribution in [1.29, 1.82) is 0 Å². The van der Waals surface area contributed by atoms with Gasteiger partial charge in [0.25, 0.3) is 0 Å². The lowest BCUT2D eigenvalue weighted by Gasteiger charge is -2.03. The van der Waals surface area contributed by atoms with Gasteiger partial charge in [-0.05, 0) is 24.3 Å². The predicted octanol–water partition coefficient (Wildman–Crippen LogP) is 1.52. The molecular formula is C12H12FN3O3S. The molecule has 0 fully saturated rings. The molecule has 0 radical (unpaired) electrons. The van der Waals surface area contributed by atoms with Crippen LogP contribution in [0.2, 0.25) is 0 Å². The predicted molar refractivity (Wildman–Crippen MR) is 71.5 cm³/mol. The fraction of sp³-hybridized carbons (Fsp3) is 0.250. The lowest BCUT2D eigenvalue weighted by Crippen LogP contribution is -2.32. The zero-order chi connectivity index (χ0) is 14.5. The lowest BCUT2D eigenvalue weighted by molar-refractivity contribution is -0.137. The standard InChI is InChI=1S/C12H12FN3O3S/c13-8-3-1-7(2-4-8)11-15-10(19-16-11)6-20-5-9(14)12(17)18/h1-4,9H,5-6,14H2,(H,17,18)/t9-/m1/s1. The first kappa shape index (κ1) is 14.5. The monoisotopic (exact) mass is 297 g/mol. The number of carbonyl (C=O) groups is 1. The molecule has 0 unspecified atom stereocenters. The molecule has 106 valence electrons. The Balaban J connectivity index is 1.92. The van der Waals surface area contributed by atoms with Crippen molar-refractivity contribution in [2.75, 3.05) is 5.75 Å². The summed E-state index contributed by atoms with van der Waals surface area (Å²) in [4.78, 5) is 14.7. The maximum atomic E-state index is 12.8. The summed E-state index contributed by atoms with van der Waals surface area (Å²) in [5.74, 6) is -0.0283. The minimum absolute atomic E-state index is 0.254. The Kier molecular flexibility index (Phi) is 4.70. The summed E-state index contributed by atoms with van der Waals surface area (Å²) in [6.45, 7) is 0. The van der Waals surface area contributed by atoms with Gasteiger partial charge in [0.2, 0.25) is 11.7 Å². The Morgan fingerprint density at radius 3 is 2.80 bits per heavy atom. The molecule has 0 saturated carbocycles. The van der Waals surface area contributed by atoms with E-state index in [2.05, 4.69) is 10.1 Å². The van der Waals surface area contributed by atoms with Gasteiger partial charge in [0.1, 0.15) is 11.9 Å². The first-order valence-electron chi connectivity index (χ1n) is 5.71. The Morgan fingerprint density at radius 2 is 2.15 bits per heavy atom. The van der Waals surface area contributed by atoms with Gasteiger partial charge in [-0.3, -0.25) is 4.79 Å². The SMILES string of the molecule is N[C@H](CSCc1nc(-c2ccc(F)cc2)no1)C(=O)O. The van der Waals surface area contributed by atoms with Crippen molar-refractivity contribution < 1.29 is 18.8 Å². The average molecular weight is 297 g/mol. The highest BCUT2D eigenvalue weighted by Crippen LogP contribution is 2.18. The van der Waals surface area contributed by atoms with E-state index in [-0.39, 0.29) is 11.6 Å². The third-order valence-corrected chi connectivity index (χ3v) is 3.46. The van der Waals surface area contributed by atoms with E-state index in [0.29, 0.717) is 23.0 Å². The van der Waals surface area contributed by atoms with E-state index >= 15 is 0 Å². The summed E-state index contributed by atoms with van der Waals surface area (Å²) in [5, 5.41) is 12.4. The quantitative estimate of drug-likeness (QED) is 0.833. The summed E-state index contributed by atoms with van der Waals surface area (Å²) in [6, 6.07) is 4.81. The topological polar surface area (TPSA) is 102 Å². The Hall–Kier alpha value is -1.93. The minimum Gasteiger partial charge on any atom is -0.480 e. The molecule has 0 aliphatic carbocycles. The molecule has 6 nitrogen and oxygen atoms in total. The van der Waals surface area contributed by atoms with Gasteiger partial charge < -0.3 is 15.4 Å². The molecule has 1 atom stereocenters. The van der Waals surface area contributed by atoms with Gasteiger partial charge in [0.15, 0.2) is 0 Å². The molecule has 2 aromatic rings. The van der Waals surface area contributed by atoms with Crippen molar-refractivity contribution in [1.82, 2.24) is 10.1 Å². The largest absolute Gasteiger partial charge is 0.480 e. The fourth-order valence-corrected chi connectivity index (χ4v) is 2.18. The van der Waals surface area contributed by atoms with Crippen molar-refractivity contribution in [3.63, 3.8) is 0 Å². The summed E-state index contributed by atoms with van der Waals surface area (Å²) < 4.78 is 17.8. The van der Waals surface area contributed by atoms with Gasteiger partial charge >= 0.3 is 5.97 Å². The van der Waals surface area contributed by atoms with E-state index in [0.717, 1.165) is 0 Å². The van der Waals surface area contributed by atoms with Crippen LogP contribution in [0, 0.1) is 5.82 Å². The van der Waals surface area contributed by atoms with Crippen LogP contribution in [-0.4, -0.2) is 33.0 Å². The Bertz CT molecular complexity index is 588. The lowest BCUT2D eigenvalue weighted by atomic mass is 10.2. The maximum absolute atomic E-state index is 12.8. The van der Waals surface area contributed by atoms with Gasteiger partial charge in [-0.15, -0.1) is 11.8 Å². The second-order valence-electron chi connectivity index (χ2n) is 3.98. The van der Waals surface area contributed by atoms with E-state index < -0.39 is 12.0 Å². The fourth-order valence-electron chi connectivity index (χ4n) is 1.37. The molecule has 0 aliphatic heterocycles. The molecule has 0 spiro atoms. The van der Waals surface area contributed by atoms with Crippen LogP contribution in [0.3, 0.4) is 0 Å². The van der Waals surface area contributed by atoms with Crippen LogP contribution in [0.1, 0.15) is 5.89 Å². The minimum atomic E-state index is -1.05. The highest BCUT2D eigenvalue weighted by atomic mass is 32.2. The first-order valence-corrected chi connectivity index (χ1v) is 6.86. The number of aromatic nitrogens is 2. The number of hydrogen-bond donors (Lipinski definition) is 2. The molecule has 0 amide bonds. The molecule has 8 heteroatoms. The average Bonchev–Trinajstić information content (AvgIpc) is 2.88. The third kappa shape index (κ3) is 3.78. The van der Waals surface area contributed by atoms with Crippen LogP contribution < -0.4 is 5.73 Å². The van der Waals surface area contributed by atoms with E-state index in [1.807, 2.05) is 0 Å². The van der Waals surface area contributed by atoms with Crippen molar-refractivity contribution in [3.8, 4) is 11.4 Å². The highest BCUT2D eigenvalue weighted by molar-refractivity contribution is 7.98. The Morgan fingerprint density at radius 1 is 1.45 bits per heavy atom. The molecule has 0 bridgehead atoms. The van der Waals surface area contributed by atoms with E-state index in [1.54, 1.807) is 12.1 Å². The van der Waals surface area contributed by atoms with E-state index in [9.17, 15) is 9.18 Å². The highest BCUT2D eigenvalue weighted by Gasteiger charge is 2.13. The van der Waals surface area contributed by atoms with Crippen molar-refractivity contribution in [2.45, 2.75) is 11.8 Å². The van der Waals surface area contributed by atoms with Gasteiger partial charge in [-0.1, -0.05) is 5.16 Å².